The number of aromatic nitrogens is 6. The van der Waals surface area contributed by atoms with Crippen LogP contribution in [0.2, 0.25) is 0 Å². The molecule has 3 aliphatic carbocycles. The Labute approximate surface area is 261 Å². The van der Waals surface area contributed by atoms with Crippen LogP contribution in [0.25, 0.3) is 33.6 Å². The molecule has 0 spiro atoms. The second-order valence-corrected chi connectivity index (χ2v) is 14.0. The van der Waals surface area contributed by atoms with Crippen LogP contribution < -0.4 is 9.64 Å². The Hall–Kier alpha value is -4.47. The third-order valence-corrected chi connectivity index (χ3v) is 11.3. The number of nitrogens with zero attached hydrogens (tertiary/aromatic N) is 8. The van der Waals surface area contributed by atoms with E-state index in [2.05, 4.69) is 41.0 Å². The monoisotopic (exact) mass is 600 g/mol. The first-order valence-electron chi connectivity index (χ1n) is 16.5. The fourth-order valence-electron chi connectivity index (χ4n) is 8.82. The Kier molecular flexibility index (Phi) is 5.46. The van der Waals surface area contributed by atoms with Crippen molar-refractivity contribution in [3.8, 4) is 17.3 Å². The van der Waals surface area contributed by atoms with Gasteiger partial charge >= 0.3 is 0 Å². The molecule has 45 heavy (non-hydrogen) atoms. The van der Waals surface area contributed by atoms with Crippen LogP contribution in [0.1, 0.15) is 36.0 Å². The maximum Gasteiger partial charge on any atom is 0.254 e. The van der Waals surface area contributed by atoms with Crippen LogP contribution in [-0.4, -0.2) is 72.7 Å². The summed E-state index contributed by atoms with van der Waals surface area (Å²) in [5.41, 5.74) is 4.50. The molecule has 228 valence electrons. The number of anilines is 1. The number of likely N-dealkylation sites (tertiary alicyclic amines) is 1. The molecule has 10 rings (SSSR count). The number of rotatable bonds is 8. The van der Waals surface area contributed by atoms with Crippen LogP contribution in [0.5, 0.6) is 5.75 Å². The molecule has 10 heteroatoms. The molecule has 10 nitrogen and oxygen atoms in total. The number of pyridine rings is 1. The number of carbonyl (C=O) groups excluding carboxylic acids is 1. The van der Waals surface area contributed by atoms with Gasteiger partial charge in [0.2, 0.25) is 5.95 Å². The highest BCUT2D eigenvalue weighted by molar-refractivity contribution is 6.00. The van der Waals surface area contributed by atoms with Crippen LogP contribution in [0.15, 0.2) is 55.0 Å². The van der Waals surface area contributed by atoms with Crippen molar-refractivity contribution in [2.75, 3.05) is 31.6 Å². The van der Waals surface area contributed by atoms with Crippen molar-refractivity contribution in [1.82, 2.24) is 34.0 Å². The van der Waals surface area contributed by atoms with Gasteiger partial charge in [0.1, 0.15) is 16.9 Å². The molecule has 0 N–H and O–H groups in total. The van der Waals surface area contributed by atoms with Gasteiger partial charge in [-0.3, -0.25) is 4.79 Å². The van der Waals surface area contributed by atoms with E-state index >= 15 is 0 Å². The van der Waals surface area contributed by atoms with Crippen molar-refractivity contribution in [1.29, 1.82) is 0 Å². The molecular formula is C35H36N8O2. The zero-order chi connectivity index (χ0) is 29.8. The van der Waals surface area contributed by atoms with E-state index in [1.165, 1.54) is 19.3 Å². The zero-order valence-electron chi connectivity index (χ0n) is 25.4. The molecule has 0 bridgehead atoms. The van der Waals surface area contributed by atoms with Gasteiger partial charge in [0.05, 0.1) is 18.3 Å². The highest BCUT2D eigenvalue weighted by atomic mass is 16.5. The summed E-state index contributed by atoms with van der Waals surface area (Å²) >= 11 is 0. The number of amides is 1. The number of hydrogen-bond acceptors (Lipinski definition) is 7. The number of imidazole rings is 1. The normalized spacial score (nSPS) is 25.3. The SMILES string of the molecule is COc1cc(C(=O)N2CC3CC4CC2[C@H]43)cc2nc(-c3cc4cccnc4n3CC3CC3)n(CC3CN(c4ncccn4)C3)c12. The number of hydrogen-bond donors (Lipinski definition) is 0. The molecule has 3 saturated carbocycles. The Balaban J connectivity index is 1.08. The topological polar surface area (TPSA) is 94.2 Å². The van der Waals surface area contributed by atoms with Gasteiger partial charge in [-0.05, 0) is 85.8 Å². The molecule has 5 aliphatic rings. The summed E-state index contributed by atoms with van der Waals surface area (Å²) in [5, 5.41) is 1.12. The summed E-state index contributed by atoms with van der Waals surface area (Å²) in [5.74, 6) is 5.84. The lowest BCUT2D eigenvalue weighted by Crippen LogP contribution is -2.53. The minimum Gasteiger partial charge on any atom is -0.494 e. The lowest BCUT2D eigenvalue weighted by molar-refractivity contribution is -0.0204. The number of benzene rings is 1. The van der Waals surface area contributed by atoms with Gasteiger partial charge in [-0.2, -0.15) is 0 Å². The van der Waals surface area contributed by atoms with Gasteiger partial charge < -0.3 is 23.7 Å². The molecule has 4 aromatic heterocycles. The molecule has 4 atom stereocenters. The van der Waals surface area contributed by atoms with Crippen molar-refractivity contribution < 1.29 is 9.53 Å². The molecule has 2 aliphatic heterocycles. The second-order valence-electron chi connectivity index (χ2n) is 14.0. The standard InChI is InChI=1S/C35H36N8O2/c1-45-29-14-24(34(44)42-19-25-10-23-13-27(42)30(23)25)11-26-31(29)43(18-21-15-40(16-21)35-37-8-3-9-38-35)33(39-26)28-12-22-4-2-7-36-32(22)41(28)17-20-5-6-20/h2-4,7-9,11-12,14,20-21,23,25,27,30H,5-6,10,13,15-19H2,1H3/t23?,25?,27?,30-/m1/s1. The summed E-state index contributed by atoms with van der Waals surface area (Å²) in [6.07, 6.45) is 10.4. The number of methoxy groups -OCH3 is 1. The minimum atomic E-state index is 0.119. The predicted molar refractivity (Wildman–Crippen MR) is 170 cm³/mol. The summed E-state index contributed by atoms with van der Waals surface area (Å²) in [6, 6.07) is 12.6. The first-order chi connectivity index (χ1) is 22.1. The molecule has 1 aromatic carbocycles. The third-order valence-electron chi connectivity index (χ3n) is 11.3. The van der Waals surface area contributed by atoms with Crippen molar-refractivity contribution in [2.45, 2.75) is 44.8 Å². The quantitative estimate of drug-likeness (QED) is 0.251. The smallest absolute Gasteiger partial charge is 0.254 e. The molecule has 5 fully saturated rings. The fraction of sp³-hybridized carbons (Fsp3) is 0.457. The van der Waals surface area contributed by atoms with Crippen LogP contribution in [0, 0.1) is 29.6 Å². The first-order valence-corrected chi connectivity index (χ1v) is 16.5. The predicted octanol–water partition coefficient (Wildman–Crippen LogP) is 4.88. The Bertz CT molecular complexity index is 1970. The molecule has 5 aromatic rings. The molecule has 6 heterocycles. The number of fused-ring (bicyclic) bond motifs is 2. The van der Waals surface area contributed by atoms with Crippen LogP contribution >= 0.6 is 0 Å². The van der Waals surface area contributed by atoms with E-state index in [-0.39, 0.29) is 5.91 Å². The van der Waals surface area contributed by atoms with E-state index in [0.717, 1.165) is 90.5 Å². The average Bonchev–Trinajstić information content (AvgIpc) is 3.68. The van der Waals surface area contributed by atoms with Gasteiger partial charge in [-0.25, -0.2) is 19.9 Å². The highest BCUT2D eigenvalue weighted by Gasteiger charge is 2.61. The van der Waals surface area contributed by atoms with Gasteiger partial charge in [-0.15, -0.1) is 0 Å². The zero-order valence-corrected chi connectivity index (χ0v) is 25.4. The largest absolute Gasteiger partial charge is 0.494 e. The third kappa shape index (κ3) is 3.90. The lowest BCUT2D eigenvalue weighted by atomic mass is 9.53. The highest BCUT2D eigenvalue weighted by Crippen LogP contribution is 2.60. The molecule has 2 saturated heterocycles. The first kappa shape index (κ1) is 25.8. The minimum absolute atomic E-state index is 0.119. The second kappa shape index (κ2) is 9.52. The van der Waals surface area contributed by atoms with Crippen LogP contribution in [-0.2, 0) is 13.1 Å². The maximum absolute atomic E-state index is 14.0. The lowest BCUT2D eigenvalue weighted by Gasteiger charge is -2.52. The molecule has 1 amide bonds. The van der Waals surface area contributed by atoms with E-state index in [1.807, 2.05) is 30.5 Å². The summed E-state index contributed by atoms with van der Waals surface area (Å²) in [7, 11) is 1.71. The number of ether oxygens (including phenoxy) is 1. The van der Waals surface area contributed by atoms with Crippen molar-refractivity contribution in [2.24, 2.45) is 29.6 Å². The Morgan fingerprint density at radius 1 is 0.911 bits per heavy atom. The Morgan fingerprint density at radius 2 is 1.73 bits per heavy atom. The van der Waals surface area contributed by atoms with E-state index < -0.39 is 0 Å². The summed E-state index contributed by atoms with van der Waals surface area (Å²) in [6.45, 7) is 4.34. The molecule has 3 unspecified atom stereocenters. The maximum atomic E-state index is 14.0. The van der Waals surface area contributed by atoms with Gasteiger partial charge in [0, 0.05) is 74.2 Å². The summed E-state index contributed by atoms with van der Waals surface area (Å²) < 4.78 is 10.8. The van der Waals surface area contributed by atoms with Gasteiger partial charge in [0.15, 0.2) is 5.82 Å². The van der Waals surface area contributed by atoms with E-state index in [0.29, 0.717) is 35.1 Å². The van der Waals surface area contributed by atoms with Gasteiger partial charge in [-0.1, -0.05) is 0 Å². The van der Waals surface area contributed by atoms with Crippen LogP contribution in [0.3, 0.4) is 0 Å². The Morgan fingerprint density at radius 3 is 2.51 bits per heavy atom. The van der Waals surface area contributed by atoms with E-state index in [1.54, 1.807) is 19.5 Å². The van der Waals surface area contributed by atoms with Crippen LogP contribution in [0.4, 0.5) is 5.95 Å². The average molecular weight is 601 g/mol. The molecular weight excluding hydrogens is 564 g/mol. The van der Waals surface area contributed by atoms with Crippen molar-refractivity contribution >= 4 is 33.9 Å². The summed E-state index contributed by atoms with van der Waals surface area (Å²) in [4.78, 5) is 37.4. The van der Waals surface area contributed by atoms with E-state index in [4.69, 9.17) is 14.7 Å². The number of carbonyl (C=O) groups is 1. The van der Waals surface area contributed by atoms with E-state index in [9.17, 15) is 4.79 Å². The van der Waals surface area contributed by atoms with Crippen molar-refractivity contribution in [3.63, 3.8) is 0 Å². The fourth-order valence-corrected chi connectivity index (χ4v) is 8.82. The van der Waals surface area contributed by atoms with Crippen molar-refractivity contribution in [3.05, 3.63) is 60.6 Å². The van der Waals surface area contributed by atoms with Gasteiger partial charge in [0.25, 0.3) is 5.91 Å². The molecule has 0 radical (unpaired) electrons.